The second-order valence-corrected chi connectivity index (χ2v) is 16.8. The zero-order valence-electron chi connectivity index (χ0n) is 31.6. The topological polar surface area (TPSA) is 0 Å². The quantitative estimate of drug-likeness (QED) is 0.247. The van der Waals surface area contributed by atoms with Gasteiger partial charge in [0.2, 0.25) is 0 Å². The molecule has 272 valence electrons. The van der Waals surface area contributed by atoms with Crippen molar-refractivity contribution in [2.45, 2.75) is 106 Å². The van der Waals surface area contributed by atoms with E-state index >= 15 is 0 Å². The van der Waals surface area contributed by atoms with Crippen molar-refractivity contribution >= 4 is 6.41 Å². The van der Waals surface area contributed by atoms with Crippen LogP contribution >= 0.6 is 0 Å². The number of fused-ring (bicyclic) bond motifs is 4. The van der Waals surface area contributed by atoms with Gasteiger partial charge >= 0.3 is 82.6 Å². The van der Waals surface area contributed by atoms with Crippen LogP contribution in [0.1, 0.15) is 110 Å². The van der Waals surface area contributed by atoms with E-state index in [1.807, 2.05) is 30.4 Å². The van der Waals surface area contributed by atoms with Crippen molar-refractivity contribution < 1.29 is 73.3 Å². The molecule has 0 radical (unpaired) electrons. The third-order valence-corrected chi connectivity index (χ3v) is 6.71. The molecule has 2 aromatic carbocycles. The third-order valence-electron chi connectivity index (χ3n) is 6.71. The Bertz CT molecular complexity index is 1210. The van der Waals surface area contributed by atoms with Gasteiger partial charge in [-0.2, -0.15) is 54.8 Å². The van der Waals surface area contributed by atoms with Crippen LogP contribution in [0, 0.1) is 44.4 Å². The number of benzene rings is 2. The van der Waals surface area contributed by atoms with Crippen LogP contribution in [0.2, 0.25) is 0 Å². The first-order chi connectivity index (χ1) is 23.2. The summed E-state index contributed by atoms with van der Waals surface area (Å²) in [5.41, 5.74) is 7.09. The van der Waals surface area contributed by atoms with Gasteiger partial charge < -0.3 is 38.7 Å². The van der Waals surface area contributed by atoms with E-state index in [1.54, 1.807) is 54.0 Å². The summed E-state index contributed by atoms with van der Waals surface area (Å²) < 4.78 is 3.01. The smallest absolute Gasteiger partial charge is 0.0253 e. The first-order valence-corrected chi connectivity index (χ1v) is 20.0. The summed E-state index contributed by atoms with van der Waals surface area (Å²) in [4.78, 5) is 0. The number of hydrogen-bond acceptors (Lipinski definition) is 0. The summed E-state index contributed by atoms with van der Waals surface area (Å²) in [6.07, 6.45) is 38.6. The molecule has 1 unspecified atom stereocenters. The Morgan fingerprint density at radius 1 is 0.840 bits per heavy atom. The number of unbranched alkanes of at least 4 members (excludes halogenated alkanes) is 2. The Balaban J connectivity index is -0.000000532. The van der Waals surface area contributed by atoms with Crippen molar-refractivity contribution in [1.29, 1.82) is 0 Å². The van der Waals surface area contributed by atoms with Crippen LogP contribution in [0.15, 0.2) is 103 Å². The van der Waals surface area contributed by atoms with Crippen molar-refractivity contribution in [3.8, 4) is 11.1 Å². The second kappa shape index (κ2) is 37.6. The van der Waals surface area contributed by atoms with Gasteiger partial charge in [0, 0.05) is 0 Å². The van der Waals surface area contributed by atoms with E-state index in [-0.39, 0.29) is 24.8 Å². The van der Waals surface area contributed by atoms with E-state index in [0.29, 0.717) is 0 Å². The molecule has 0 aliphatic heterocycles. The number of halogens is 2. The number of rotatable bonds is 2. The molecule has 2 aromatic rings. The van der Waals surface area contributed by atoms with Gasteiger partial charge in [-0.15, -0.1) is 37.0 Å². The molecule has 5 aliphatic carbocycles. The fourth-order valence-corrected chi connectivity index (χ4v) is 4.34. The van der Waals surface area contributed by atoms with E-state index in [1.165, 1.54) is 60.8 Å². The predicted octanol–water partition coefficient (Wildman–Crippen LogP) is 6.90. The molecular weight excluding hydrogens is 806 g/mol. The van der Waals surface area contributed by atoms with Crippen LogP contribution in [0.25, 0.3) is 11.1 Å². The van der Waals surface area contributed by atoms with Crippen LogP contribution in [-0.2, 0) is 54.9 Å². The Kier molecular flexibility index (Phi) is 40.0. The van der Waals surface area contributed by atoms with Gasteiger partial charge in [-0.25, -0.2) is 42.4 Å². The first-order valence-electron chi connectivity index (χ1n) is 17.5. The molecule has 1 saturated carbocycles. The molecule has 4 heteroatoms. The molecule has 1 atom stereocenters. The molecule has 0 spiro atoms. The van der Waals surface area contributed by atoms with Gasteiger partial charge in [-0.05, 0) is 18.8 Å². The molecular formula is C46H60Cl2Zr2-6. The maximum Gasteiger partial charge on any atom is -0.0253 e. The van der Waals surface area contributed by atoms with Crippen LogP contribution < -0.4 is 24.8 Å². The van der Waals surface area contributed by atoms with Crippen LogP contribution in [-0.4, -0.2) is 6.41 Å². The predicted molar refractivity (Wildman–Crippen MR) is 209 cm³/mol. The summed E-state index contributed by atoms with van der Waals surface area (Å²) >= 11 is 3.11. The van der Waals surface area contributed by atoms with E-state index in [4.69, 9.17) is 0 Å². The van der Waals surface area contributed by atoms with Gasteiger partial charge in [0.05, 0.1) is 0 Å². The Morgan fingerprint density at radius 2 is 1.36 bits per heavy atom. The number of allylic oxidation sites excluding steroid dienone is 12. The van der Waals surface area contributed by atoms with Crippen molar-refractivity contribution in [2.24, 2.45) is 5.92 Å². The van der Waals surface area contributed by atoms with Gasteiger partial charge in [0.15, 0.2) is 0 Å². The SMILES string of the molecule is C1=CCC2CC[CH-]C2=C1.C[C](C)=[Zr+2].C[C](C)=[Zr].[C-]1=CC=CC1.[C-]1=CC=CC1.[CH2-]CCC.[CH2-]CCC.[Cl-].[Cl-].[c-]1cccc2c1Cc1ccccc1-2. The molecule has 0 bridgehead atoms. The molecule has 0 nitrogen and oxygen atoms in total. The van der Waals surface area contributed by atoms with Crippen molar-refractivity contribution in [2.75, 3.05) is 0 Å². The van der Waals surface area contributed by atoms with Crippen LogP contribution in [0.5, 0.6) is 0 Å². The van der Waals surface area contributed by atoms with E-state index in [2.05, 4.69) is 147 Å². The Hall–Kier alpha value is -1.16. The average molecular weight is 866 g/mol. The van der Waals surface area contributed by atoms with Crippen molar-refractivity contribution in [3.05, 3.63) is 152 Å². The zero-order chi connectivity index (χ0) is 35.8. The Labute approximate surface area is 351 Å². The van der Waals surface area contributed by atoms with E-state index < -0.39 is 0 Å². The Morgan fingerprint density at radius 3 is 1.80 bits per heavy atom. The van der Waals surface area contributed by atoms with Crippen molar-refractivity contribution in [3.63, 3.8) is 0 Å². The minimum Gasteiger partial charge on any atom is -1.00 e. The molecule has 7 rings (SSSR count). The molecule has 0 aromatic heterocycles. The maximum atomic E-state index is 3.60. The van der Waals surface area contributed by atoms with Gasteiger partial charge in [-0.3, -0.25) is 12.2 Å². The largest absolute Gasteiger partial charge is 1.00 e. The monoisotopic (exact) mass is 862 g/mol. The summed E-state index contributed by atoms with van der Waals surface area (Å²) in [5, 5.41) is 0. The molecule has 50 heavy (non-hydrogen) atoms. The van der Waals surface area contributed by atoms with Crippen LogP contribution in [0.3, 0.4) is 0 Å². The molecule has 0 heterocycles. The average Bonchev–Trinajstić information content (AvgIpc) is 3.93. The first kappa shape index (κ1) is 53.2. The fourth-order valence-electron chi connectivity index (χ4n) is 4.34. The minimum atomic E-state index is 0. The molecule has 5 aliphatic rings. The summed E-state index contributed by atoms with van der Waals surface area (Å²) in [5.74, 6) is 0.884. The summed E-state index contributed by atoms with van der Waals surface area (Å²) in [6.45, 7) is 19.9. The van der Waals surface area contributed by atoms with Crippen LogP contribution in [0.4, 0.5) is 0 Å². The van der Waals surface area contributed by atoms with Gasteiger partial charge in [-0.1, -0.05) is 68.5 Å². The van der Waals surface area contributed by atoms with E-state index in [9.17, 15) is 0 Å². The molecule has 0 saturated heterocycles. The standard InChI is InChI=1S/C13H9.C9H11.2C5H5.2C4H9.2C3H6.2ClH.2Zr/c1-3-7-12-10(5-1)9-11-6-2-4-8-13(11)12;1-2-5-9-7-3-6-8(9)4-1;2*1-2-4-5-3-1;2*1-3-4-2;2*1-3-2;;;;/h1-5,7-8H,9H2;1-2,4,6,9H,3,5,7H2;2*1-3H,4H2;2*1,3-4H2,2H3;2*1-2H3;2*1H;;/q6*-1;;;;;;+2/p-2. The fraction of sp³-hybridized carbons (Fsp3) is 0.370. The normalized spacial score (nSPS) is 14.6. The maximum absolute atomic E-state index is 3.60. The molecule has 0 amide bonds. The molecule has 1 fully saturated rings. The second-order valence-electron chi connectivity index (χ2n) is 11.9. The zero-order valence-corrected chi connectivity index (χ0v) is 38.1. The van der Waals surface area contributed by atoms with Gasteiger partial charge in [0.1, 0.15) is 0 Å². The minimum absolute atomic E-state index is 0. The third kappa shape index (κ3) is 29.4. The van der Waals surface area contributed by atoms with E-state index in [0.717, 1.165) is 38.0 Å². The number of hydrogen-bond donors (Lipinski definition) is 0. The van der Waals surface area contributed by atoms with Gasteiger partial charge in [0.25, 0.3) is 0 Å². The molecule has 0 N–H and O–H groups in total. The summed E-state index contributed by atoms with van der Waals surface area (Å²) in [6, 6.07) is 18.1. The summed E-state index contributed by atoms with van der Waals surface area (Å²) in [7, 11) is 0. The van der Waals surface area contributed by atoms with Crippen molar-refractivity contribution in [1.82, 2.24) is 0 Å².